The highest BCUT2D eigenvalue weighted by atomic mass is 16.3. The van der Waals surface area contributed by atoms with E-state index in [1.54, 1.807) is 0 Å². The van der Waals surface area contributed by atoms with Gasteiger partial charge in [0, 0.05) is 12.6 Å². The molecule has 1 aromatic carbocycles. The fraction of sp³-hybridized carbons (Fsp3) is 0.667. The zero-order valence-electron chi connectivity index (χ0n) is 13.2. The van der Waals surface area contributed by atoms with Crippen LogP contribution in [-0.2, 0) is 0 Å². The zero-order chi connectivity index (χ0) is 14.6. The van der Waals surface area contributed by atoms with Gasteiger partial charge in [0.25, 0.3) is 0 Å². The Kier molecular flexibility index (Phi) is 5.22. The molecule has 2 N–H and O–H groups in total. The molecule has 0 heterocycles. The van der Waals surface area contributed by atoms with Crippen LogP contribution in [0.3, 0.4) is 0 Å². The smallest absolute Gasteiger partial charge is 0.0771 e. The van der Waals surface area contributed by atoms with E-state index < -0.39 is 5.60 Å². The van der Waals surface area contributed by atoms with Crippen LogP contribution in [0.2, 0.25) is 0 Å². The van der Waals surface area contributed by atoms with E-state index >= 15 is 0 Å². The van der Waals surface area contributed by atoms with Crippen molar-refractivity contribution in [3.8, 4) is 0 Å². The highest BCUT2D eigenvalue weighted by Gasteiger charge is 2.28. The molecule has 1 fully saturated rings. The molecule has 2 heteroatoms. The molecule has 112 valence electrons. The highest BCUT2D eigenvalue weighted by molar-refractivity contribution is 5.32. The summed E-state index contributed by atoms with van der Waals surface area (Å²) in [6, 6.07) is 6.89. The maximum Gasteiger partial charge on any atom is 0.0771 e. The maximum absolute atomic E-state index is 10.7. The van der Waals surface area contributed by atoms with Gasteiger partial charge in [-0.1, -0.05) is 49.4 Å². The summed E-state index contributed by atoms with van der Waals surface area (Å²) in [5.74, 6) is 0. The molecule has 0 radical (unpaired) electrons. The summed E-state index contributed by atoms with van der Waals surface area (Å²) in [7, 11) is 0. The van der Waals surface area contributed by atoms with Crippen LogP contribution in [0.15, 0.2) is 18.2 Å². The molecular weight excluding hydrogens is 246 g/mol. The predicted molar refractivity (Wildman–Crippen MR) is 85.0 cm³/mol. The van der Waals surface area contributed by atoms with Gasteiger partial charge in [-0.25, -0.2) is 0 Å². The second-order valence-corrected chi connectivity index (χ2v) is 6.60. The van der Waals surface area contributed by atoms with Gasteiger partial charge in [-0.2, -0.15) is 0 Å². The monoisotopic (exact) mass is 275 g/mol. The minimum absolute atomic E-state index is 0.294. The Morgan fingerprint density at radius 2 is 1.80 bits per heavy atom. The first-order valence-corrected chi connectivity index (χ1v) is 8.03. The fourth-order valence-corrected chi connectivity index (χ4v) is 3.24. The SMILES string of the molecule is Cc1ccc(C)c(C(C)NCC2(O)CCCCCC2)c1. The first kappa shape index (κ1) is 15.5. The van der Waals surface area contributed by atoms with Gasteiger partial charge in [-0.3, -0.25) is 0 Å². The van der Waals surface area contributed by atoms with E-state index in [2.05, 4.69) is 44.3 Å². The standard InChI is InChI=1S/C18H29NO/c1-14-8-9-15(2)17(12-14)16(3)19-13-18(20)10-6-4-5-7-11-18/h8-9,12,16,19-20H,4-7,10-11,13H2,1-3H3. The van der Waals surface area contributed by atoms with Gasteiger partial charge in [0.2, 0.25) is 0 Å². The molecule has 1 aliphatic rings. The van der Waals surface area contributed by atoms with E-state index in [-0.39, 0.29) is 0 Å². The predicted octanol–water partition coefficient (Wildman–Crippen LogP) is 4.04. The van der Waals surface area contributed by atoms with Crippen LogP contribution in [0.4, 0.5) is 0 Å². The third-order valence-corrected chi connectivity index (χ3v) is 4.67. The van der Waals surface area contributed by atoms with Crippen LogP contribution in [0.25, 0.3) is 0 Å². The molecule has 0 saturated heterocycles. The molecule has 2 nitrogen and oxygen atoms in total. The van der Waals surface area contributed by atoms with Crippen molar-refractivity contribution in [1.82, 2.24) is 5.32 Å². The quantitative estimate of drug-likeness (QED) is 0.813. The third-order valence-electron chi connectivity index (χ3n) is 4.67. The lowest BCUT2D eigenvalue weighted by Crippen LogP contribution is -2.41. The Labute approximate surface area is 123 Å². The average Bonchev–Trinajstić information content (AvgIpc) is 2.64. The molecule has 0 aliphatic heterocycles. The van der Waals surface area contributed by atoms with Crippen LogP contribution < -0.4 is 5.32 Å². The summed E-state index contributed by atoms with van der Waals surface area (Å²) in [6.45, 7) is 7.20. The summed E-state index contributed by atoms with van der Waals surface area (Å²) >= 11 is 0. The van der Waals surface area contributed by atoms with Crippen LogP contribution in [0.5, 0.6) is 0 Å². The Morgan fingerprint density at radius 3 is 2.45 bits per heavy atom. The topological polar surface area (TPSA) is 32.3 Å². The molecule has 1 aliphatic carbocycles. The first-order valence-electron chi connectivity index (χ1n) is 8.03. The largest absolute Gasteiger partial charge is 0.389 e. The van der Waals surface area contributed by atoms with E-state index in [1.165, 1.54) is 29.5 Å². The molecule has 0 aromatic heterocycles. The normalized spacial score (nSPS) is 20.4. The van der Waals surface area contributed by atoms with Crippen molar-refractivity contribution in [2.24, 2.45) is 0 Å². The Morgan fingerprint density at radius 1 is 1.15 bits per heavy atom. The molecule has 2 rings (SSSR count). The average molecular weight is 275 g/mol. The van der Waals surface area contributed by atoms with Crippen LogP contribution in [-0.4, -0.2) is 17.3 Å². The van der Waals surface area contributed by atoms with Crippen molar-refractivity contribution in [3.63, 3.8) is 0 Å². The zero-order valence-corrected chi connectivity index (χ0v) is 13.2. The van der Waals surface area contributed by atoms with Gasteiger partial charge in [-0.05, 0) is 44.7 Å². The first-order chi connectivity index (χ1) is 9.50. The summed E-state index contributed by atoms with van der Waals surface area (Å²) in [6.07, 6.45) is 6.76. The van der Waals surface area contributed by atoms with Crippen molar-refractivity contribution >= 4 is 0 Å². The van der Waals surface area contributed by atoms with Gasteiger partial charge in [0.1, 0.15) is 0 Å². The third kappa shape index (κ3) is 4.07. The molecule has 1 atom stereocenters. The Bertz CT molecular complexity index is 433. The Hall–Kier alpha value is -0.860. The summed E-state index contributed by atoms with van der Waals surface area (Å²) < 4.78 is 0. The van der Waals surface area contributed by atoms with E-state index in [9.17, 15) is 5.11 Å². The molecule has 20 heavy (non-hydrogen) atoms. The lowest BCUT2D eigenvalue weighted by molar-refractivity contribution is 0.0231. The van der Waals surface area contributed by atoms with Gasteiger partial charge < -0.3 is 10.4 Å². The van der Waals surface area contributed by atoms with Crippen molar-refractivity contribution in [1.29, 1.82) is 0 Å². The number of nitrogens with one attached hydrogen (secondary N) is 1. The number of aryl methyl sites for hydroxylation is 2. The van der Waals surface area contributed by atoms with Crippen LogP contribution >= 0.6 is 0 Å². The van der Waals surface area contributed by atoms with Crippen LogP contribution in [0, 0.1) is 13.8 Å². The fourth-order valence-electron chi connectivity index (χ4n) is 3.24. The molecule has 0 amide bonds. The van der Waals surface area contributed by atoms with Crippen molar-refractivity contribution in [3.05, 3.63) is 34.9 Å². The molecule has 0 spiro atoms. The summed E-state index contributed by atoms with van der Waals surface area (Å²) in [5.41, 5.74) is 3.47. The van der Waals surface area contributed by atoms with E-state index in [0.29, 0.717) is 12.6 Å². The van der Waals surface area contributed by atoms with E-state index in [1.807, 2.05) is 0 Å². The van der Waals surface area contributed by atoms with Crippen LogP contribution in [0.1, 0.15) is 68.2 Å². The van der Waals surface area contributed by atoms with Crippen molar-refractivity contribution in [2.75, 3.05) is 6.54 Å². The second-order valence-electron chi connectivity index (χ2n) is 6.60. The summed E-state index contributed by atoms with van der Waals surface area (Å²) in [5, 5.41) is 14.3. The number of benzene rings is 1. The Balaban J connectivity index is 1.97. The molecule has 0 bridgehead atoms. The number of rotatable bonds is 4. The minimum atomic E-state index is -0.498. The lowest BCUT2D eigenvalue weighted by atomic mass is 9.93. The number of hydrogen-bond donors (Lipinski definition) is 2. The minimum Gasteiger partial charge on any atom is -0.389 e. The van der Waals surface area contributed by atoms with Crippen molar-refractivity contribution in [2.45, 2.75) is 70.9 Å². The molecule has 1 unspecified atom stereocenters. The van der Waals surface area contributed by atoms with Gasteiger partial charge in [-0.15, -0.1) is 0 Å². The van der Waals surface area contributed by atoms with Gasteiger partial charge in [0.05, 0.1) is 5.60 Å². The molecule has 1 saturated carbocycles. The summed E-state index contributed by atoms with van der Waals surface area (Å²) in [4.78, 5) is 0. The van der Waals surface area contributed by atoms with E-state index in [4.69, 9.17) is 0 Å². The number of aliphatic hydroxyl groups is 1. The van der Waals surface area contributed by atoms with Crippen molar-refractivity contribution < 1.29 is 5.11 Å². The maximum atomic E-state index is 10.7. The van der Waals surface area contributed by atoms with Gasteiger partial charge >= 0.3 is 0 Å². The number of hydrogen-bond acceptors (Lipinski definition) is 2. The van der Waals surface area contributed by atoms with E-state index in [0.717, 1.165) is 25.7 Å². The highest BCUT2D eigenvalue weighted by Crippen LogP contribution is 2.27. The van der Waals surface area contributed by atoms with Gasteiger partial charge in [0.15, 0.2) is 0 Å². The molecule has 1 aromatic rings. The lowest BCUT2D eigenvalue weighted by Gasteiger charge is -2.29. The second kappa shape index (κ2) is 6.73. The molecular formula is C18H29NO.